The fraction of sp³-hybridized carbons (Fsp3) is 0.545. The lowest BCUT2D eigenvalue weighted by molar-refractivity contribution is -0.122. The number of nitrogens with one attached hydrogen (secondary N) is 1. The van der Waals surface area contributed by atoms with Gasteiger partial charge in [0.2, 0.25) is 5.91 Å². The maximum Gasteiger partial charge on any atom is 0.220 e. The van der Waals surface area contributed by atoms with Crippen LogP contribution in [-0.4, -0.2) is 40.5 Å². The summed E-state index contributed by atoms with van der Waals surface area (Å²) in [7, 11) is 0. The van der Waals surface area contributed by atoms with Crippen LogP contribution in [0.3, 0.4) is 0 Å². The largest absolute Gasteiger partial charge is 0.487 e. The number of hydrogen-bond acceptors (Lipinski definition) is 5. The zero-order valence-corrected chi connectivity index (χ0v) is 16.9. The van der Waals surface area contributed by atoms with Gasteiger partial charge in [-0.2, -0.15) is 0 Å². The SMILES string of the molecule is O=C(C[C@H]1CC2(CCN(Cc3nccs3)CC2)Oc2ccccc21)NC1CC1. The highest BCUT2D eigenvalue weighted by atomic mass is 32.1. The Morgan fingerprint density at radius 3 is 2.86 bits per heavy atom. The van der Waals surface area contributed by atoms with Crippen molar-refractivity contribution >= 4 is 17.2 Å². The van der Waals surface area contributed by atoms with Crippen molar-refractivity contribution < 1.29 is 9.53 Å². The lowest BCUT2D eigenvalue weighted by Crippen LogP contribution is -2.50. The molecule has 5 nitrogen and oxygen atoms in total. The highest BCUT2D eigenvalue weighted by Crippen LogP contribution is 2.46. The number of para-hydroxylation sites is 1. The molecule has 1 saturated heterocycles. The Balaban J connectivity index is 1.28. The minimum atomic E-state index is -0.141. The summed E-state index contributed by atoms with van der Waals surface area (Å²) < 4.78 is 6.58. The van der Waals surface area contributed by atoms with Crippen LogP contribution in [0.1, 0.15) is 55.0 Å². The van der Waals surface area contributed by atoms with E-state index >= 15 is 0 Å². The number of benzene rings is 1. The van der Waals surface area contributed by atoms with Crippen molar-refractivity contribution in [2.45, 2.75) is 62.6 Å². The fourth-order valence-electron chi connectivity index (χ4n) is 4.61. The van der Waals surface area contributed by atoms with Crippen LogP contribution in [0.25, 0.3) is 0 Å². The smallest absolute Gasteiger partial charge is 0.220 e. The molecule has 0 bridgehead atoms. The number of piperidine rings is 1. The van der Waals surface area contributed by atoms with Crippen LogP contribution in [0.15, 0.2) is 35.8 Å². The number of aromatic nitrogens is 1. The van der Waals surface area contributed by atoms with E-state index in [2.05, 4.69) is 33.4 Å². The Labute approximate surface area is 170 Å². The number of hydrogen-bond donors (Lipinski definition) is 1. The van der Waals surface area contributed by atoms with Crippen molar-refractivity contribution in [3.63, 3.8) is 0 Å². The molecule has 1 aromatic carbocycles. The molecule has 1 saturated carbocycles. The van der Waals surface area contributed by atoms with Gasteiger partial charge in [-0.15, -0.1) is 11.3 Å². The molecule has 0 radical (unpaired) electrons. The van der Waals surface area contributed by atoms with Crippen molar-refractivity contribution in [3.05, 3.63) is 46.4 Å². The van der Waals surface area contributed by atoms with Crippen LogP contribution in [0, 0.1) is 0 Å². The number of carbonyl (C=O) groups excluding carboxylic acids is 1. The minimum absolute atomic E-state index is 0.141. The number of fused-ring (bicyclic) bond motifs is 1. The van der Waals surface area contributed by atoms with Crippen molar-refractivity contribution in [3.8, 4) is 5.75 Å². The van der Waals surface area contributed by atoms with Gasteiger partial charge >= 0.3 is 0 Å². The van der Waals surface area contributed by atoms with Crippen LogP contribution in [-0.2, 0) is 11.3 Å². The van der Waals surface area contributed by atoms with Gasteiger partial charge in [-0.1, -0.05) is 18.2 Å². The number of carbonyl (C=O) groups is 1. The average molecular weight is 398 g/mol. The van der Waals surface area contributed by atoms with Crippen molar-refractivity contribution in [1.82, 2.24) is 15.2 Å². The molecule has 2 aliphatic heterocycles. The zero-order chi connectivity index (χ0) is 19.0. The topological polar surface area (TPSA) is 54.5 Å². The van der Waals surface area contributed by atoms with Crippen molar-refractivity contribution in [1.29, 1.82) is 0 Å². The number of ether oxygens (including phenoxy) is 1. The normalized spacial score (nSPS) is 23.8. The van der Waals surface area contributed by atoms with E-state index < -0.39 is 0 Å². The molecule has 1 aliphatic carbocycles. The molecule has 3 aliphatic rings. The summed E-state index contributed by atoms with van der Waals surface area (Å²) in [4.78, 5) is 19.4. The Hall–Kier alpha value is -1.92. The molecule has 148 valence electrons. The van der Waals surface area contributed by atoms with Gasteiger partial charge in [0.15, 0.2) is 0 Å². The third-order valence-electron chi connectivity index (χ3n) is 6.29. The number of rotatable bonds is 5. The van der Waals surface area contributed by atoms with Gasteiger partial charge in [0.25, 0.3) is 0 Å². The first-order valence-corrected chi connectivity index (χ1v) is 11.3. The third kappa shape index (κ3) is 3.94. The van der Waals surface area contributed by atoms with E-state index in [4.69, 9.17) is 4.74 Å². The van der Waals surface area contributed by atoms with Gasteiger partial charge in [-0.3, -0.25) is 9.69 Å². The van der Waals surface area contributed by atoms with Crippen LogP contribution < -0.4 is 10.1 Å². The Morgan fingerprint density at radius 1 is 1.29 bits per heavy atom. The van der Waals surface area contributed by atoms with Gasteiger partial charge in [0.1, 0.15) is 16.4 Å². The van der Waals surface area contributed by atoms with Crippen LogP contribution in [0.5, 0.6) is 5.75 Å². The number of nitrogens with zero attached hydrogens (tertiary/aromatic N) is 2. The summed E-state index contributed by atoms with van der Waals surface area (Å²) in [6.45, 7) is 2.96. The number of amides is 1. The summed E-state index contributed by atoms with van der Waals surface area (Å²) in [5.41, 5.74) is 1.06. The predicted molar refractivity (Wildman–Crippen MR) is 110 cm³/mol. The van der Waals surface area contributed by atoms with E-state index in [-0.39, 0.29) is 17.4 Å². The Bertz CT molecular complexity index is 826. The molecule has 1 N–H and O–H groups in total. The molecule has 1 spiro atoms. The molecule has 6 heteroatoms. The molecule has 3 heterocycles. The van der Waals surface area contributed by atoms with Crippen LogP contribution >= 0.6 is 11.3 Å². The second kappa shape index (κ2) is 7.48. The third-order valence-corrected chi connectivity index (χ3v) is 7.05. The zero-order valence-electron chi connectivity index (χ0n) is 16.1. The van der Waals surface area contributed by atoms with Gasteiger partial charge in [-0.05, 0) is 43.7 Å². The minimum Gasteiger partial charge on any atom is -0.487 e. The molecule has 5 rings (SSSR count). The van der Waals surface area contributed by atoms with E-state index in [9.17, 15) is 4.79 Å². The molecule has 2 aromatic rings. The van der Waals surface area contributed by atoms with Gasteiger partial charge < -0.3 is 10.1 Å². The lowest BCUT2D eigenvalue weighted by Gasteiger charge is -2.46. The second-order valence-corrected chi connectivity index (χ2v) is 9.45. The summed E-state index contributed by atoms with van der Waals surface area (Å²) in [5, 5.41) is 6.38. The first-order chi connectivity index (χ1) is 13.7. The summed E-state index contributed by atoms with van der Waals surface area (Å²) in [6, 6.07) is 8.73. The van der Waals surface area contributed by atoms with Gasteiger partial charge in [0.05, 0.1) is 6.54 Å². The van der Waals surface area contributed by atoms with Gasteiger partial charge in [0, 0.05) is 43.0 Å². The van der Waals surface area contributed by atoms with Crippen molar-refractivity contribution in [2.24, 2.45) is 0 Å². The average Bonchev–Trinajstić information content (AvgIpc) is 3.35. The molecule has 0 unspecified atom stereocenters. The van der Waals surface area contributed by atoms with E-state index in [1.807, 2.05) is 17.6 Å². The maximum atomic E-state index is 12.5. The van der Waals surface area contributed by atoms with E-state index in [1.165, 1.54) is 10.6 Å². The highest BCUT2D eigenvalue weighted by Gasteiger charge is 2.43. The molecule has 1 amide bonds. The van der Waals surface area contributed by atoms with E-state index in [0.717, 1.165) is 57.5 Å². The van der Waals surface area contributed by atoms with Crippen LogP contribution in [0.2, 0.25) is 0 Å². The number of likely N-dealkylation sites (tertiary alicyclic amines) is 1. The van der Waals surface area contributed by atoms with Crippen LogP contribution in [0.4, 0.5) is 0 Å². The summed E-state index contributed by atoms with van der Waals surface area (Å²) in [6.07, 6.45) is 7.67. The van der Waals surface area contributed by atoms with Gasteiger partial charge in [-0.25, -0.2) is 4.98 Å². The first kappa shape index (κ1) is 18.1. The highest BCUT2D eigenvalue weighted by molar-refractivity contribution is 7.09. The summed E-state index contributed by atoms with van der Waals surface area (Å²) >= 11 is 1.72. The quantitative estimate of drug-likeness (QED) is 0.836. The van der Waals surface area contributed by atoms with E-state index in [1.54, 1.807) is 11.3 Å². The standard InChI is InChI=1S/C22H27N3O2S/c26-20(24-17-5-6-17)13-16-14-22(27-19-4-2-1-3-18(16)19)7-10-25(11-8-22)15-21-23-9-12-28-21/h1-4,9,12,16-17H,5-8,10-11,13-15H2,(H,24,26)/t16-/m0/s1. The summed E-state index contributed by atoms with van der Waals surface area (Å²) in [5.74, 6) is 1.42. The molecule has 2 fully saturated rings. The Morgan fingerprint density at radius 2 is 2.11 bits per heavy atom. The monoisotopic (exact) mass is 397 g/mol. The molecule has 1 atom stereocenters. The number of thiazole rings is 1. The first-order valence-electron chi connectivity index (χ1n) is 10.4. The Kier molecular flexibility index (Phi) is 4.85. The maximum absolute atomic E-state index is 12.5. The molecule has 1 aromatic heterocycles. The second-order valence-electron chi connectivity index (χ2n) is 8.47. The van der Waals surface area contributed by atoms with E-state index in [0.29, 0.717) is 12.5 Å². The molecular weight excluding hydrogens is 370 g/mol. The predicted octanol–water partition coefficient (Wildman–Crippen LogP) is 3.71. The molecule has 28 heavy (non-hydrogen) atoms. The molecular formula is C22H27N3O2S. The lowest BCUT2D eigenvalue weighted by atomic mass is 9.76. The van der Waals surface area contributed by atoms with Crippen molar-refractivity contribution in [2.75, 3.05) is 13.1 Å². The fourth-order valence-corrected chi connectivity index (χ4v) is 5.27.